The highest BCUT2D eigenvalue weighted by molar-refractivity contribution is 8.00. The lowest BCUT2D eigenvalue weighted by atomic mass is 9.96. The fourth-order valence-corrected chi connectivity index (χ4v) is 4.49. The van der Waals surface area contributed by atoms with Gasteiger partial charge in [-0.25, -0.2) is 14.8 Å². The Morgan fingerprint density at radius 1 is 1.13 bits per heavy atom. The van der Waals surface area contributed by atoms with Gasteiger partial charge in [0.05, 0.1) is 5.75 Å². The van der Waals surface area contributed by atoms with E-state index >= 15 is 0 Å². The molecule has 9 nitrogen and oxygen atoms in total. The van der Waals surface area contributed by atoms with E-state index < -0.39 is 11.2 Å². The maximum atomic E-state index is 12.9. The lowest BCUT2D eigenvalue weighted by Gasteiger charge is -2.31. The number of rotatable bonds is 5. The number of carbonyl (C=O) groups is 1. The summed E-state index contributed by atoms with van der Waals surface area (Å²) in [5.41, 5.74) is -0.977. The number of hydrogen-bond acceptors (Lipinski definition) is 7. The van der Waals surface area contributed by atoms with Crippen molar-refractivity contribution >= 4 is 28.7 Å². The zero-order chi connectivity index (χ0) is 22.9. The number of amides is 1. The molecule has 0 bridgehead atoms. The van der Waals surface area contributed by atoms with E-state index in [1.54, 1.807) is 7.05 Å². The Hall–Kier alpha value is -2.20. The van der Waals surface area contributed by atoms with E-state index in [1.807, 2.05) is 20.8 Å². The van der Waals surface area contributed by atoms with Crippen LogP contribution in [0, 0.1) is 0 Å². The van der Waals surface area contributed by atoms with E-state index in [4.69, 9.17) is 0 Å². The molecule has 0 saturated carbocycles. The maximum Gasteiger partial charge on any atom is 0.332 e. The van der Waals surface area contributed by atoms with Crippen LogP contribution in [0.5, 0.6) is 0 Å². The van der Waals surface area contributed by atoms with Crippen molar-refractivity contribution in [2.75, 3.05) is 25.4 Å². The second kappa shape index (κ2) is 9.12. The third-order valence-electron chi connectivity index (χ3n) is 5.68. The number of thioether (sulfide) groups is 1. The van der Waals surface area contributed by atoms with Crippen LogP contribution < -0.4 is 16.6 Å². The minimum Gasteiger partial charge on any atom is -0.353 e. The number of nitrogens with one attached hydrogen (secondary N) is 1. The van der Waals surface area contributed by atoms with Crippen LogP contribution in [0.15, 0.2) is 14.6 Å². The van der Waals surface area contributed by atoms with Crippen molar-refractivity contribution in [2.24, 2.45) is 14.1 Å². The first-order valence-electron chi connectivity index (χ1n) is 10.7. The molecule has 0 unspecified atom stereocenters. The molecule has 31 heavy (non-hydrogen) atoms. The Morgan fingerprint density at radius 3 is 2.35 bits per heavy atom. The van der Waals surface area contributed by atoms with Crippen LogP contribution in [-0.4, -0.2) is 61.3 Å². The molecule has 3 heterocycles. The first-order chi connectivity index (χ1) is 14.5. The number of carbonyl (C=O) groups excluding carboxylic acids is 1. The Labute approximate surface area is 186 Å². The lowest BCUT2D eigenvalue weighted by molar-refractivity contribution is -0.119. The molecule has 2 aromatic rings. The number of piperidine rings is 1. The highest BCUT2D eigenvalue weighted by Gasteiger charge is 2.25. The molecule has 1 fully saturated rings. The minimum absolute atomic E-state index is 0.0781. The average molecular weight is 449 g/mol. The summed E-state index contributed by atoms with van der Waals surface area (Å²) in [6, 6.07) is 0.178. The van der Waals surface area contributed by atoms with Crippen LogP contribution in [0.4, 0.5) is 0 Å². The Balaban J connectivity index is 1.88. The molecule has 170 valence electrons. The van der Waals surface area contributed by atoms with Gasteiger partial charge < -0.3 is 10.2 Å². The van der Waals surface area contributed by atoms with Crippen molar-refractivity contribution in [1.29, 1.82) is 0 Å². The summed E-state index contributed by atoms with van der Waals surface area (Å²) in [6.45, 7) is 11.1. The largest absolute Gasteiger partial charge is 0.353 e. The highest BCUT2D eigenvalue weighted by Crippen LogP contribution is 2.27. The van der Waals surface area contributed by atoms with Crippen molar-refractivity contribution in [1.82, 2.24) is 29.3 Å². The molecular formula is C21H32N6O3S. The van der Waals surface area contributed by atoms with E-state index in [0.29, 0.717) is 16.5 Å². The van der Waals surface area contributed by atoms with Gasteiger partial charge in [-0.05, 0) is 19.4 Å². The Morgan fingerprint density at radius 2 is 1.77 bits per heavy atom. The topological polar surface area (TPSA) is 102 Å². The van der Waals surface area contributed by atoms with E-state index in [0.717, 1.165) is 37.0 Å². The molecule has 0 aliphatic carbocycles. The Bertz CT molecular complexity index is 1090. The lowest BCUT2D eigenvalue weighted by Crippen LogP contribution is -2.45. The summed E-state index contributed by atoms with van der Waals surface area (Å²) in [6.07, 6.45) is 1.88. The van der Waals surface area contributed by atoms with Crippen LogP contribution >= 0.6 is 11.8 Å². The second-order valence-electron chi connectivity index (χ2n) is 9.07. The molecule has 2 aromatic heterocycles. The molecule has 1 aliphatic rings. The monoisotopic (exact) mass is 448 g/mol. The van der Waals surface area contributed by atoms with Crippen molar-refractivity contribution in [3.8, 4) is 0 Å². The molecule has 1 N–H and O–H groups in total. The molecule has 1 saturated heterocycles. The number of likely N-dealkylation sites (tertiary alicyclic amines) is 1. The van der Waals surface area contributed by atoms with Gasteiger partial charge in [0, 0.05) is 38.6 Å². The highest BCUT2D eigenvalue weighted by atomic mass is 32.2. The minimum atomic E-state index is -0.451. The van der Waals surface area contributed by atoms with Crippen molar-refractivity contribution in [3.63, 3.8) is 0 Å². The predicted molar refractivity (Wildman–Crippen MR) is 123 cm³/mol. The number of hydrogen-bond donors (Lipinski definition) is 1. The third kappa shape index (κ3) is 5.01. The Kier molecular flexibility index (Phi) is 6.90. The SMILES string of the molecule is CCN1CCC(NC(=O)CSc2nc(C(C)(C)C)nc3c2c(=O)n(C)c(=O)n3C)CC1. The van der Waals surface area contributed by atoms with Crippen LogP contribution in [-0.2, 0) is 24.3 Å². The quantitative estimate of drug-likeness (QED) is 0.538. The van der Waals surface area contributed by atoms with Crippen LogP contribution in [0.25, 0.3) is 11.0 Å². The van der Waals surface area contributed by atoms with Crippen LogP contribution in [0.3, 0.4) is 0 Å². The summed E-state index contributed by atoms with van der Waals surface area (Å²) < 4.78 is 2.41. The molecule has 0 radical (unpaired) electrons. The van der Waals surface area contributed by atoms with Gasteiger partial charge in [-0.1, -0.05) is 39.5 Å². The average Bonchev–Trinajstić information content (AvgIpc) is 2.74. The summed E-state index contributed by atoms with van der Waals surface area (Å²) in [5, 5.41) is 3.81. The summed E-state index contributed by atoms with van der Waals surface area (Å²) >= 11 is 1.22. The number of aromatic nitrogens is 4. The zero-order valence-electron chi connectivity index (χ0n) is 19.2. The van der Waals surface area contributed by atoms with Gasteiger partial charge in [-0.3, -0.25) is 18.7 Å². The standard InChI is InChI=1S/C21H32N6O3S/c1-7-27-10-8-13(9-11-27)22-14(28)12-31-17-15-16(23-19(24-17)21(2,3)4)25(5)20(30)26(6)18(15)29/h13H,7-12H2,1-6H3,(H,22,28). The van der Waals surface area contributed by atoms with Gasteiger partial charge in [0.1, 0.15) is 16.2 Å². The van der Waals surface area contributed by atoms with E-state index in [9.17, 15) is 14.4 Å². The molecule has 10 heteroatoms. The molecule has 1 amide bonds. The van der Waals surface area contributed by atoms with Gasteiger partial charge in [0.25, 0.3) is 5.56 Å². The van der Waals surface area contributed by atoms with Crippen molar-refractivity contribution < 1.29 is 4.79 Å². The fraction of sp³-hybridized carbons (Fsp3) is 0.667. The van der Waals surface area contributed by atoms with Crippen molar-refractivity contribution in [2.45, 2.75) is 57.0 Å². The van der Waals surface area contributed by atoms with Gasteiger partial charge in [0.15, 0.2) is 5.65 Å². The molecule has 0 aromatic carbocycles. The third-order valence-corrected chi connectivity index (χ3v) is 6.65. The van der Waals surface area contributed by atoms with Gasteiger partial charge >= 0.3 is 5.69 Å². The van der Waals surface area contributed by atoms with E-state index in [1.165, 1.54) is 23.4 Å². The zero-order valence-corrected chi connectivity index (χ0v) is 20.0. The van der Waals surface area contributed by atoms with Crippen molar-refractivity contribution in [3.05, 3.63) is 26.7 Å². The smallest absolute Gasteiger partial charge is 0.332 e. The first kappa shape index (κ1) is 23.5. The van der Waals surface area contributed by atoms with E-state index in [2.05, 4.69) is 27.1 Å². The molecular weight excluding hydrogens is 416 g/mol. The molecule has 3 rings (SSSR count). The summed E-state index contributed by atoms with van der Waals surface area (Å²) in [4.78, 5) is 49.4. The van der Waals surface area contributed by atoms with Gasteiger partial charge in [-0.2, -0.15) is 0 Å². The first-order valence-corrected chi connectivity index (χ1v) is 11.6. The van der Waals surface area contributed by atoms with Crippen LogP contribution in [0.2, 0.25) is 0 Å². The second-order valence-corrected chi connectivity index (χ2v) is 10.0. The molecule has 0 spiro atoms. The fourth-order valence-electron chi connectivity index (χ4n) is 3.67. The summed E-state index contributed by atoms with van der Waals surface area (Å²) in [7, 11) is 3.03. The van der Waals surface area contributed by atoms with Crippen LogP contribution in [0.1, 0.15) is 46.4 Å². The maximum absolute atomic E-state index is 12.9. The molecule has 0 atom stereocenters. The predicted octanol–water partition coefficient (Wildman–Crippen LogP) is 1.02. The number of aryl methyl sites for hydroxylation is 1. The number of fused-ring (bicyclic) bond motifs is 1. The van der Waals surface area contributed by atoms with Gasteiger partial charge in [-0.15, -0.1) is 0 Å². The number of nitrogens with zero attached hydrogens (tertiary/aromatic N) is 5. The van der Waals surface area contributed by atoms with Gasteiger partial charge in [0.2, 0.25) is 5.91 Å². The normalized spacial score (nSPS) is 16.1. The summed E-state index contributed by atoms with van der Waals surface area (Å²) in [5.74, 6) is 0.596. The molecule has 1 aliphatic heterocycles. The van der Waals surface area contributed by atoms with E-state index in [-0.39, 0.29) is 28.5 Å².